The minimum absolute atomic E-state index is 0.0630. The first kappa shape index (κ1) is 14.5. The van der Waals surface area contributed by atoms with Gasteiger partial charge in [-0.3, -0.25) is 4.79 Å². The molecule has 1 fully saturated rings. The molecular weight excluding hydrogens is 283 g/mol. The van der Waals surface area contributed by atoms with Crippen molar-refractivity contribution in [2.45, 2.75) is 19.9 Å². The number of benzene rings is 1. The lowest BCUT2D eigenvalue weighted by Gasteiger charge is -2.10. The van der Waals surface area contributed by atoms with Gasteiger partial charge in [0.05, 0.1) is 0 Å². The minimum Gasteiger partial charge on any atom is -0.439 e. The SMILES string of the molecule is C[C@H]1C[C@@H]1C(=O)NCc1cccnc1Oc1cccc(F)c1. The van der Waals surface area contributed by atoms with E-state index in [1.807, 2.05) is 6.07 Å². The molecular formula is C17H17FN2O2. The molecule has 22 heavy (non-hydrogen) atoms. The van der Waals surface area contributed by atoms with E-state index in [0.29, 0.717) is 24.1 Å². The third-order valence-corrected chi connectivity index (χ3v) is 3.76. The van der Waals surface area contributed by atoms with Gasteiger partial charge in [0.2, 0.25) is 11.8 Å². The predicted octanol–water partition coefficient (Wildman–Crippen LogP) is 3.29. The summed E-state index contributed by atoms with van der Waals surface area (Å²) in [6.07, 6.45) is 2.55. The molecule has 0 bridgehead atoms. The van der Waals surface area contributed by atoms with E-state index in [4.69, 9.17) is 4.74 Å². The molecule has 0 unspecified atom stereocenters. The van der Waals surface area contributed by atoms with Crippen LogP contribution in [0.25, 0.3) is 0 Å². The number of aromatic nitrogens is 1. The van der Waals surface area contributed by atoms with Crippen LogP contribution in [0.15, 0.2) is 42.6 Å². The Morgan fingerprint density at radius 3 is 2.95 bits per heavy atom. The number of halogens is 1. The zero-order valence-corrected chi connectivity index (χ0v) is 12.3. The van der Waals surface area contributed by atoms with Crippen molar-refractivity contribution >= 4 is 5.91 Å². The molecule has 3 rings (SSSR count). The van der Waals surface area contributed by atoms with Gasteiger partial charge in [-0.1, -0.05) is 19.1 Å². The number of carbonyl (C=O) groups excluding carboxylic acids is 1. The molecule has 1 aliphatic rings. The first-order chi connectivity index (χ1) is 10.6. The molecule has 2 aromatic rings. The molecule has 1 heterocycles. The summed E-state index contributed by atoms with van der Waals surface area (Å²) in [7, 11) is 0. The van der Waals surface area contributed by atoms with E-state index in [9.17, 15) is 9.18 Å². The standard InChI is InChI=1S/C17H17FN2O2/c1-11-8-15(11)16(21)20-10-12-4-3-7-19-17(12)22-14-6-2-5-13(18)9-14/h2-7,9,11,15H,8,10H2,1H3,(H,20,21)/t11-,15-/m0/s1. The van der Waals surface area contributed by atoms with Gasteiger partial charge in [0.1, 0.15) is 11.6 Å². The van der Waals surface area contributed by atoms with Gasteiger partial charge in [-0.15, -0.1) is 0 Å². The van der Waals surface area contributed by atoms with E-state index in [1.165, 1.54) is 12.1 Å². The monoisotopic (exact) mass is 300 g/mol. The van der Waals surface area contributed by atoms with Crippen molar-refractivity contribution in [2.75, 3.05) is 0 Å². The van der Waals surface area contributed by atoms with Crippen molar-refractivity contribution in [1.29, 1.82) is 0 Å². The molecule has 1 N–H and O–H groups in total. The molecule has 0 radical (unpaired) electrons. The van der Waals surface area contributed by atoms with Crippen LogP contribution in [-0.2, 0) is 11.3 Å². The van der Waals surface area contributed by atoms with E-state index in [2.05, 4.69) is 17.2 Å². The van der Waals surface area contributed by atoms with Crippen LogP contribution >= 0.6 is 0 Å². The van der Waals surface area contributed by atoms with Crippen LogP contribution in [0.1, 0.15) is 18.9 Å². The summed E-state index contributed by atoms with van der Waals surface area (Å²) in [4.78, 5) is 16.0. The summed E-state index contributed by atoms with van der Waals surface area (Å²) in [5.41, 5.74) is 0.758. The number of amides is 1. The molecule has 5 heteroatoms. The van der Waals surface area contributed by atoms with Crippen LogP contribution in [0.5, 0.6) is 11.6 Å². The van der Waals surface area contributed by atoms with Gasteiger partial charge in [-0.05, 0) is 30.5 Å². The van der Waals surface area contributed by atoms with E-state index in [1.54, 1.807) is 24.4 Å². The van der Waals surface area contributed by atoms with Gasteiger partial charge in [-0.2, -0.15) is 0 Å². The highest BCUT2D eigenvalue weighted by Crippen LogP contribution is 2.37. The van der Waals surface area contributed by atoms with Crippen LogP contribution in [0, 0.1) is 17.7 Å². The average molecular weight is 300 g/mol. The Labute approximate surface area is 128 Å². The third kappa shape index (κ3) is 3.42. The summed E-state index contributed by atoms with van der Waals surface area (Å²) in [5, 5.41) is 2.90. The van der Waals surface area contributed by atoms with E-state index < -0.39 is 0 Å². The van der Waals surface area contributed by atoms with E-state index >= 15 is 0 Å². The highest BCUT2D eigenvalue weighted by atomic mass is 19.1. The van der Waals surface area contributed by atoms with E-state index in [-0.39, 0.29) is 17.6 Å². The molecule has 0 aliphatic heterocycles. The summed E-state index contributed by atoms with van der Waals surface area (Å²) >= 11 is 0. The number of nitrogens with one attached hydrogen (secondary N) is 1. The lowest BCUT2D eigenvalue weighted by molar-refractivity contribution is -0.122. The van der Waals surface area contributed by atoms with Crippen molar-refractivity contribution in [2.24, 2.45) is 11.8 Å². The Morgan fingerprint density at radius 1 is 1.41 bits per heavy atom. The fourth-order valence-electron chi connectivity index (χ4n) is 2.29. The first-order valence-corrected chi connectivity index (χ1v) is 7.28. The molecule has 1 aromatic carbocycles. The van der Waals surface area contributed by atoms with Gasteiger partial charge in [0.15, 0.2) is 0 Å². The molecule has 114 valence electrons. The molecule has 4 nitrogen and oxygen atoms in total. The molecule has 1 saturated carbocycles. The maximum absolute atomic E-state index is 13.2. The number of rotatable bonds is 5. The lowest BCUT2D eigenvalue weighted by Crippen LogP contribution is -2.25. The number of carbonyl (C=O) groups is 1. The predicted molar refractivity (Wildman–Crippen MR) is 79.8 cm³/mol. The van der Waals surface area contributed by atoms with E-state index in [0.717, 1.165) is 12.0 Å². The summed E-state index contributed by atoms with van der Waals surface area (Å²) in [6.45, 7) is 2.41. The Hall–Kier alpha value is -2.43. The van der Waals surface area contributed by atoms with Crippen molar-refractivity contribution in [3.05, 3.63) is 54.0 Å². The normalized spacial score (nSPS) is 19.5. The molecule has 1 amide bonds. The van der Waals surface area contributed by atoms with Crippen LogP contribution < -0.4 is 10.1 Å². The number of ether oxygens (including phenoxy) is 1. The second kappa shape index (κ2) is 6.13. The van der Waals surface area contributed by atoms with Gasteiger partial charge in [0, 0.05) is 30.3 Å². The number of hydrogen-bond donors (Lipinski definition) is 1. The van der Waals surface area contributed by atoms with Crippen molar-refractivity contribution < 1.29 is 13.9 Å². The largest absolute Gasteiger partial charge is 0.439 e. The Balaban J connectivity index is 1.68. The molecule has 0 spiro atoms. The zero-order chi connectivity index (χ0) is 15.5. The number of pyridine rings is 1. The fourth-order valence-corrected chi connectivity index (χ4v) is 2.29. The van der Waals surface area contributed by atoms with Crippen molar-refractivity contribution in [3.8, 4) is 11.6 Å². The molecule has 1 aromatic heterocycles. The Kier molecular flexibility index (Phi) is 4.04. The lowest BCUT2D eigenvalue weighted by atomic mass is 10.2. The molecule has 0 saturated heterocycles. The Morgan fingerprint density at radius 2 is 2.23 bits per heavy atom. The minimum atomic E-state index is -0.369. The van der Waals surface area contributed by atoms with Crippen LogP contribution in [-0.4, -0.2) is 10.9 Å². The average Bonchev–Trinajstić information content (AvgIpc) is 3.23. The molecule has 2 atom stereocenters. The fraction of sp³-hybridized carbons (Fsp3) is 0.294. The van der Waals surface area contributed by atoms with Gasteiger partial charge in [0.25, 0.3) is 0 Å². The number of nitrogens with zero attached hydrogens (tertiary/aromatic N) is 1. The summed E-state index contributed by atoms with van der Waals surface area (Å²) in [6, 6.07) is 9.49. The number of hydrogen-bond acceptors (Lipinski definition) is 3. The molecule has 1 aliphatic carbocycles. The second-order valence-electron chi connectivity index (χ2n) is 5.56. The first-order valence-electron chi connectivity index (χ1n) is 7.28. The summed E-state index contributed by atoms with van der Waals surface area (Å²) < 4.78 is 18.8. The second-order valence-corrected chi connectivity index (χ2v) is 5.56. The van der Waals surface area contributed by atoms with Crippen molar-refractivity contribution in [3.63, 3.8) is 0 Å². The van der Waals surface area contributed by atoms with Gasteiger partial charge >= 0.3 is 0 Å². The van der Waals surface area contributed by atoms with Gasteiger partial charge < -0.3 is 10.1 Å². The highest BCUT2D eigenvalue weighted by Gasteiger charge is 2.38. The quantitative estimate of drug-likeness (QED) is 0.922. The highest BCUT2D eigenvalue weighted by molar-refractivity contribution is 5.81. The zero-order valence-electron chi connectivity index (χ0n) is 12.3. The Bertz CT molecular complexity index is 690. The van der Waals surface area contributed by atoms with Crippen LogP contribution in [0.4, 0.5) is 4.39 Å². The van der Waals surface area contributed by atoms with Crippen LogP contribution in [0.2, 0.25) is 0 Å². The topological polar surface area (TPSA) is 51.2 Å². The third-order valence-electron chi connectivity index (χ3n) is 3.76. The maximum Gasteiger partial charge on any atom is 0.224 e. The van der Waals surface area contributed by atoms with Gasteiger partial charge in [-0.25, -0.2) is 9.37 Å². The maximum atomic E-state index is 13.2. The van der Waals surface area contributed by atoms with Crippen molar-refractivity contribution in [1.82, 2.24) is 10.3 Å². The summed E-state index contributed by atoms with van der Waals surface area (Å²) in [5.74, 6) is 1.04. The van der Waals surface area contributed by atoms with Crippen LogP contribution in [0.3, 0.4) is 0 Å². The smallest absolute Gasteiger partial charge is 0.224 e.